The van der Waals surface area contributed by atoms with Crippen molar-refractivity contribution in [1.82, 2.24) is 10.3 Å². The lowest BCUT2D eigenvalue weighted by atomic mass is 9.94. The highest BCUT2D eigenvalue weighted by atomic mass is 16.4. The van der Waals surface area contributed by atoms with E-state index in [2.05, 4.69) is 10.3 Å². The van der Waals surface area contributed by atoms with Gasteiger partial charge in [-0.05, 0) is 30.4 Å². The molecular weight excluding hydrogens is 260 g/mol. The summed E-state index contributed by atoms with van der Waals surface area (Å²) in [5, 5.41) is 11.5. The fourth-order valence-corrected chi connectivity index (χ4v) is 2.09. The van der Waals surface area contributed by atoms with Gasteiger partial charge in [-0.2, -0.15) is 0 Å². The van der Waals surface area contributed by atoms with Crippen molar-refractivity contribution in [2.75, 3.05) is 6.54 Å². The molecule has 0 radical (unpaired) electrons. The molecule has 0 unspecified atom stereocenters. The first-order valence-corrected chi connectivity index (χ1v) is 6.57. The Hall–Kier alpha value is -2.11. The van der Waals surface area contributed by atoms with Gasteiger partial charge in [-0.1, -0.05) is 13.8 Å². The minimum atomic E-state index is -0.887. The van der Waals surface area contributed by atoms with Crippen molar-refractivity contribution >= 4 is 11.9 Å². The molecule has 1 heterocycles. The van der Waals surface area contributed by atoms with E-state index in [1.165, 1.54) is 12.3 Å². The molecule has 1 aromatic heterocycles. The zero-order chi connectivity index (χ0) is 15.1. The molecule has 0 saturated carbocycles. The van der Waals surface area contributed by atoms with Crippen LogP contribution in [0.25, 0.3) is 0 Å². The second kappa shape index (κ2) is 7.47. The van der Waals surface area contributed by atoms with Gasteiger partial charge in [0, 0.05) is 19.2 Å². The minimum absolute atomic E-state index is 0.00358. The molecule has 3 N–H and O–H groups in total. The molecule has 1 atom stereocenters. The number of aromatic amines is 1. The Balaban J connectivity index is 2.62. The number of nitrogens with one attached hydrogen (secondary N) is 2. The van der Waals surface area contributed by atoms with Gasteiger partial charge in [0.1, 0.15) is 5.56 Å². The summed E-state index contributed by atoms with van der Waals surface area (Å²) in [7, 11) is 0. The SMILES string of the molecule is CC(C)C[C@H](CNC(=O)c1ccc[nH]c1=O)CC(=O)O. The van der Waals surface area contributed by atoms with E-state index in [0.29, 0.717) is 12.3 Å². The summed E-state index contributed by atoms with van der Waals surface area (Å²) in [6.45, 7) is 4.24. The Morgan fingerprint density at radius 3 is 2.65 bits per heavy atom. The second-order valence-corrected chi connectivity index (χ2v) is 5.22. The van der Waals surface area contributed by atoms with Crippen LogP contribution in [0.15, 0.2) is 23.1 Å². The van der Waals surface area contributed by atoms with Gasteiger partial charge in [-0.3, -0.25) is 14.4 Å². The van der Waals surface area contributed by atoms with Crippen LogP contribution in [-0.4, -0.2) is 28.5 Å². The minimum Gasteiger partial charge on any atom is -0.481 e. The highest BCUT2D eigenvalue weighted by molar-refractivity contribution is 5.93. The number of hydrogen-bond donors (Lipinski definition) is 3. The molecule has 6 nitrogen and oxygen atoms in total. The van der Waals surface area contributed by atoms with E-state index in [4.69, 9.17) is 5.11 Å². The van der Waals surface area contributed by atoms with Gasteiger partial charge in [0.2, 0.25) is 0 Å². The Morgan fingerprint density at radius 2 is 2.10 bits per heavy atom. The van der Waals surface area contributed by atoms with Gasteiger partial charge in [-0.15, -0.1) is 0 Å². The Labute approximate surface area is 117 Å². The third-order valence-electron chi connectivity index (χ3n) is 2.88. The van der Waals surface area contributed by atoms with Gasteiger partial charge >= 0.3 is 5.97 Å². The number of aromatic nitrogens is 1. The first-order valence-electron chi connectivity index (χ1n) is 6.57. The lowest BCUT2D eigenvalue weighted by Crippen LogP contribution is -2.34. The zero-order valence-electron chi connectivity index (χ0n) is 11.7. The number of rotatable bonds is 7. The third-order valence-corrected chi connectivity index (χ3v) is 2.88. The van der Waals surface area contributed by atoms with Gasteiger partial charge < -0.3 is 15.4 Å². The van der Waals surface area contributed by atoms with E-state index in [1.807, 2.05) is 13.8 Å². The maximum absolute atomic E-state index is 11.9. The van der Waals surface area contributed by atoms with Crippen LogP contribution in [0, 0.1) is 11.8 Å². The number of carboxylic acids is 1. The quantitative estimate of drug-likeness (QED) is 0.699. The standard InChI is InChI=1S/C14H20N2O4/c1-9(2)6-10(7-12(17)18)8-16-14(20)11-4-3-5-15-13(11)19/h3-5,9-10H,6-8H2,1-2H3,(H,15,19)(H,16,20)(H,17,18)/t10-/m0/s1. The van der Waals surface area contributed by atoms with E-state index < -0.39 is 17.4 Å². The van der Waals surface area contributed by atoms with Crippen LogP contribution in [0.4, 0.5) is 0 Å². The average molecular weight is 280 g/mol. The van der Waals surface area contributed by atoms with Gasteiger partial charge in [-0.25, -0.2) is 0 Å². The normalized spacial score (nSPS) is 12.2. The molecule has 0 fully saturated rings. The number of carbonyl (C=O) groups is 2. The highest BCUT2D eigenvalue weighted by Crippen LogP contribution is 2.14. The summed E-state index contributed by atoms with van der Waals surface area (Å²) < 4.78 is 0. The van der Waals surface area contributed by atoms with E-state index in [1.54, 1.807) is 6.07 Å². The molecular formula is C14H20N2O4. The van der Waals surface area contributed by atoms with E-state index in [0.717, 1.165) is 0 Å². The van der Waals surface area contributed by atoms with Crippen molar-refractivity contribution < 1.29 is 14.7 Å². The maximum Gasteiger partial charge on any atom is 0.303 e. The van der Waals surface area contributed by atoms with Crippen LogP contribution in [0.2, 0.25) is 0 Å². The summed E-state index contributed by atoms with van der Waals surface area (Å²) in [6, 6.07) is 3.00. The van der Waals surface area contributed by atoms with Crippen molar-refractivity contribution in [3.63, 3.8) is 0 Å². The van der Waals surface area contributed by atoms with Crippen LogP contribution >= 0.6 is 0 Å². The molecule has 1 amide bonds. The van der Waals surface area contributed by atoms with Crippen molar-refractivity contribution in [3.05, 3.63) is 34.2 Å². The third kappa shape index (κ3) is 5.26. The summed E-state index contributed by atoms with van der Waals surface area (Å²) in [5.41, 5.74) is -0.422. The molecule has 0 aromatic carbocycles. The fourth-order valence-electron chi connectivity index (χ4n) is 2.09. The van der Waals surface area contributed by atoms with Crippen LogP contribution in [0.3, 0.4) is 0 Å². The zero-order valence-corrected chi connectivity index (χ0v) is 11.7. The van der Waals surface area contributed by atoms with Gasteiger partial charge in [0.15, 0.2) is 0 Å². The smallest absolute Gasteiger partial charge is 0.303 e. The number of aliphatic carboxylic acids is 1. The summed E-state index contributed by atoms with van der Waals surface area (Å²) in [4.78, 5) is 36.5. The predicted molar refractivity (Wildman–Crippen MR) is 74.6 cm³/mol. The molecule has 0 aliphatic carbocycles. The molecule has 0 aliphatic rings. The van der Waals surface area contributed by atoms with Crippen LogP contribution < -0.4 is 10.9 Å². The number of H-pyrrole nitrogens is 1. The van der Waals surface area contributed by atoms with E-state index >= 15 is 0 Å². The fraction of sp³-hybridized carbons (Fsp3) is 0.500. The average Bonchev–Trinajstić information content (AvgIpc) is 2.34. The predicted octanol–water partition coefficient (Wildman–Crippen LogP) is 1.24. The highest BCUT2D eigenvalue weighted by Gasteiger charge is 2.17. The van der Waals surface area contributed by atoms with Gasteiger partial charge in [0.25, 0.3) is 11.5 Å². The molecule has 1 aromatic rings. The number of hydrogen-bond acceptors (Lipinski definition) is 3. The second-order valence-electron chi connectivity index (χ2n) is 5.22. The molecule has 0 spiro atoms. The Morgan fingerprint density at radius 1 is 1.40 bits per heavy atom. The van der Waals surface area contributed by atoms with Gasteiger partial charge in [0.05, 0.1) is 0 Å². The number of amides is 1. The lowest BCUT2D eigenvalue weighted by Gasteiger charge is -2.17. The van der Waals surface area contributed by atoms with Crippen molar-refractivity contribution in [3.8, 4) is 0 Å². The van der Waals surface area contributed by atoms with Crippen LogP contribution in [-0.2, 0) is 4.79 Å². The molecule has 20 heavy (non-hydrogen) atoms. The first-order chi connectivity index (χ1) is 9.40. The summed E-state index contributed by atoms with van der Waals surface area (Å²) in [5.74, 6) is -1.16. The molecule has 0 bridgehead atoms. The molecule has 6 heteroatoms. The first kappa shape index (κ1) is 15.9. The van der Waals surface area contributed by atoms with Crippen molar-refractivity contribution in [2.45, 2.75) is 26.7 Å². The monoisotopic (exact) mass is 280 g/mol. The molecule has 0 saturated heterocycles. The lowest BCUT2D eigenvalue weighted by molar-refractivity contribution is -0.138. The largest absolute Gasteiger partial charge is 0.481 e. The molecule has 110 valence electrons. The van der Waals surface area contributed by atoms with Crippen molar-refractivity contribution in [2.24, 2.45) is 11.8 Å². The Bertz CT molecular complexity index is 522. The number of carbonyl (C=O) groups excluding carboxylic acids is 1. The van der Waals surface area contributed by atoms with Crippen LogP contribution in [0.1, 0.15) is 37.0 Å². The molecule has 0 aliphatic heterocycles. The molecule has 1 rings (SSSR count). The van der Waals surface area contributed by atoms with Crippen molar-refractivity contribution in [1.29, 1.82) is 0 Å². The maximum atomic E-state index is 11.9. The topological polar surface area (TPSA) is 99.3 Å². The number of carboxylic acid groups (broad SMARTS) is 1. The van der Waals surface area contributed by atoms with Crippen LogP contribution in [0.5, 0.6) is 0 Å². The van der Waals surface area contributed by atoms with E-state index in [9.17, 15) is 14.4 Å². The Kier molecular flexibility index (Phi) is 5.96. The van der Waals surface area contributed by atoms with E-state index in [-0.39, 0.29) is 24.4 Å². The summed E-state index contributed by atoms with van der Waals surface area (Å²) in [6.07, 6.45) is 2.16. The number of pyridine rings is 1. The summed E-state index contributed by atoms with van der Waals surface area (Å²) >= 11 is 0.